The Hall–Kier alpha value is -2.47. The number of hydrogen-bond donors (Lipinski definition) is 0. The fraction of sp³-hybridized carbons (Fsp3) is 0.211. The zero-order valence-corrected chi connectivity index (χ0v) is 15.0. The molecule has 1 aliphatic heterocycles. The summed E-state index contributed by atoms with van der Waals surface area (Å²) >= 11 is 3.30. The highest BCUT2D eigenvalue weighted by Gasteiger charge is 2.21. The molecule has 128 valence electrons. The lowest BCUT2D eigenvalue weighted by molar-refractivity contribution is -0.117. The molecule has 1 fully saturated rings. The van der Waals surface area contributed by atoms with Crippen LogP contribution in [-0.2, 0) is 9.53 Å². The molecule has 25 heavy (non-hydrogen) atoms. The van der Waals surface area contributed by atoms with E-state index in [-0.39, 0.29) is 18.3 Å². The Bertz CT molecular complexity index is 799. The van der Waals surface area contributed by atoms with Crippen LogP contribution in [-0.4, -0.2) is 30.8 Å². The number of ketones is 1. The third kappa shape index (κ3) is 4.14. The minimum atomic E-state index is -0.565. The number of carbonyl (C=O) groups excluding carboxylic acids is 3. The number of amides is 1. The van der Waals surface area contributed by atoms with Crippen LogP contribution in [0.1, 0.15) is 33.6 Å². The average molecular weight is 402 g/mol. The Balaban J connectivity index is 1.58. The molecule has 0 aliphatic carbocycles. The maximum Gasteiger partial charge on any atom is 0.338 e. The van der Waals surface area contributed by atoms with E-state index in [1.807, 2.05) is 0 Å². The summed E-state index contributed by atoms with van der Waals surface area (Å²) in [5.74, 6) is -0.736. The van der Waals surface area contributed by atoms with Crippen LogP contribution in [0.2, 0.25) is 0 Å². The molecule has 0 spiro atoms. The van der Waals surface area contributed by atoms with Crippen LogP contribution in [0.4, 0.5) is 5.69 Å². The van der Waals surface area contributed by atoms with Crippen molar-refractivity contribution in [2.75, 3.05) is 18.1 Å². The molecule has 2 aromatic rings. The molecule has 0 unspecified atom stereocenters. The van der Waals surface area contributed by atoms with Crippen LogP contribution in [0.25, 0.3) is 0 Å². The number of halogens is 1. The summed E-state index contributed by atoms with van der Waals surface area (Å²) in [6.07, 6.45) is 1.41. The molecule has 2 aromatic carbocycles. The molecule has 0 radical (unpaired) electrons. The van der Waals surface area contributed by atoms with Crippen molar-refractivity contribution in [2.45, 2.75) is 12.8 Å². The van der Waals surface area contributed by atoms with E-state index in [1.165, 1.54) is 0 Å². The van der Waals surface area contributed by atoms with Gasteiger partial charge in [0, 0.05) is 28.7 Å². The van der Waals surface area contributed by atoms with Crippen molar-refractivity contribution in [3.05, 3.63) is 64.1 Å². The third-order valence-corrected chi connectivity index (χ3v) is 4.52. The second-order valence-corrected chi connectivity index (χ2v) is 6.62. The monoisotopic (exact) mass is 401 g/mol. The SMILES string of the molecule is O=C(COC(=O)c1ccc(N2CCCC2=O)cc1)c1ccc(Br)cc1. The van der Waals surface area contributed by atoms with Crippen molar-refractivity contribution in [1.29, 1.82) is 0 Å². The second kappa shape index (κ2) is 7.61. The lowest BCUT2D eigenvalue weighted by Crippen LogP contribution is -2.23. The third-order valence-electron chi connectivity index (χ3n) is 3.99. The van der Waals surface area contributed by atoms with E-state index in [0.717, 1.165) is 16.6 Å². The average Bonchev–Trinajstić information content (AvgIpc) is 3.06. The zero-order chi connectivity index (χ0) is 17.8. The molecule has 0 atom stereocenters. The molecule has 0 saturated carbocycles. The first-order valence-corrected chi connectivity index (χ1v) is 8.70. The number of hydrogen-bond acceptors (Lipinski definition) is 4. The van der Waals surface area contributed by atoms with Crippen molar-refractivity contribution >= 4 is 39.3 Å². The molecule has 3 rings (SSSR count). The van der Waals surface area contributed by atoms with Gasteiger partial charge in [0.25, 0.3) is 0 Å². The van der Waals surface area contributed by atoms with Crippen LogP contribution < -0.4 is 4.90 Å². The van der Waals surface area contributed by atoms with Gasteiger partial charge in [-0.3, -0.25) is 9.59 Å². The van der Waals surface area contributed by atoms with Crippen molar-refractivity contribution in [3.8, 4) is 0 Å². The molecule has 5 nitrogen and oxygen atoms in total. The minimum absolute atomic E-state index is 0.0930. The molecule has 1 amide bonds. The molecule has 0 aromatic heterocycles. The highest BCUT2D eigenvalue weighted by molar-refractivity contribution is 9.10. The van der Waals surface area contributed by atoms with E-state index >= 15 is 0 Å². The standard InChI is InChI=1S/C19H16BrNO4/c20-15-7-3-13(4-8-15)17(22)12-25-19(24)14-5-9-16(10-6-14)21-11-1-2-18(21)23/h3-10H,1-2,11-12H2. The molecule has 6 heteroatoms. The van der Waals surface area contributed by atoms with Crippen LogP contribution in [0.15, 0.2) is 53.0 Å². The number of esters is 1. The first kappa shape index (κ1) is 17.4. The number of nitrogens with zero attached hydrogens (tertiary/aromatic N) is 1. The highest BCUT2D eigenvalue weighted by atomic mass is 79.9. The quantitative estimate of drug-likeness (QED) is 0.566. The number of Topliss-reactive ketones (excluding diaryl/α,β-unsaturated/α-hetero) is 1. The first-order valence-electron chi connectivity index (χ1n) is 7.91. The van der Waals surface area contributed by atoms with Gasteiger partial charge in [-0.1, -0.05) is 28.1 Å². The van der Waals surface area contributed by atoms with Gasteiger partial charge in [-0.05, 0) is 42.8 Å². The van der Waals surface area contributed by atoms with Gasteiger partial charge in [-0.25, -0.2) is 4.79 Å². The van der Waals surface area contributed by atoms with Gasteiger partial charge in [0.05, 0.1) is 5.56 Å². The highest BCUT2D eigenvalue weighted by Crippen LogP contribution is 2.21. The van der Waals surface area contributed by atoms with Crippen LogP contribution in [0.3, 0.4) is 0 Å². The predicted molar refractivity (Wildman–Crippen MR) is 96.8 cm³/mol. The van der Waals surface area contributed by atoms with E-state index in [9.17, 15) is 14.4 Å². The Morgan fingerprint density at radius 2 is 1.64 bits per heavy atom. The van der Waals surface area contributed by atoms with E-state index in [1.54, 1.807) is 53.4 Å². The summed E-state index contributed by atoms with van der Waals surface area (Å²) in [6, 6.07) is 13.5. The molecule has 1 aliphatic rings. The van der Waals surface area contributed by atoms with E-state index in [2.05, 4.69) is 15.9 Å². The maximum atomic E-state index is 12.1. The van der Waals surface area contributed by atoms with Crippen LogP contribution in [0, 0.1) is 0 Å². The fourth-order valence-corrected chi connectivity index (χ4v) is 2.90. The summed E-state index contributed by atoms with van der Waals surface area (Å²) in [4.78, 5) is 37.5. The van der Waals surface area contributed by atoms with E-state index < -0.39 is 5.97 Å². The lowest BCUT2D eigenvalue weighted by atomic mass is 10.1. The number of ether oxygens (including phenoxy) is 1. The summed E-state index contributed by atoms with van der Waals surface area (Å²) in [5, 5.41) is 0. The van der Waals surface area contributed by atoms with Crippen LogP contribution >= 0.6 is 15.9 Å². The Kier molecular flexibility index (Phi) is 5.28. The van der Waals surface area contributed by atoms with E-state index in [4.69, 9.17) is 4.74 Å². The Morgan fingerprint density at radius 3 is 2.24 bits per heavy atom. The van der Waals surface area contributed by atoms with Gasteiger partial charge in [0.2, 0.25) is 5.91 Å². The summed E-state index contributed by atoms with van der Waals surface area (Å²) in [5.41, 5.74) is 1.60. The number of benzene rings is 2. The van der Waals surface area contributed by atoms with Gasteiger partial charge in [0.15, 0.2) is 12.4 Å². The number of rotatable bonds is 5. The zero-order valence-electron chi connectivity index (χ0n) is 13.4. The fourth-order valence-electron chi connectivity index (χ4n) is 2.63. The van der Waals surface area contributed by atoms with Gasteiger partial charge >= 0.3 is 5.97 Å². The van der Waals surface area contributed by atoms with Gasteiger partial charge < -0.3 is 9.64 Å². The minimum Gasteiger partial charge on any atom is -0.454 e. The number of carbonyl (C=O) groups is 3. The predicted octanol–water partition coefficient (Wildman–Crippen LogP) is 3.62. The Morgan fingerprint density at radius 1 is 1.00 bits per heavy atom. The van der Waals surface area contributed by atoms with Crippen molar-refractivity contribution < 1.29 is 19.1 Å². The topological polar surface area (TPSA) is 63.7 Å². The molecule has 1 heterocycles. The second-order valence-electron chi connectivity index (χ2n) is 5.70. The summed E-state index contributed by atoms with van der Waals surface area (Å²) in [6.45, 7) is 0.386. The van der Waals surface area contributed by atoms with Crippen molar-refractivity contribution in [2.24, 2.45) is 0 Å². The van der Waals surface area contributed by atoms with Gasteiger partial charge in [-0.15, -0.1) is 0 Å². The maximum absolute atomic E-state index is 12.1. The molecular weight excluding hydrogens is 386 g/mol. The number of anilines is 1. The summed E-state index contributed by atoms with van der Waals surface area (Å²) < 4.78 is 5.95. The normalized spacial score (nSPS) is 13.8. The lowest BCUT2D eigenvalue weighted by Gasteiger charge is -2.15. The largest absolute Gasteiger partial charge is 0.454 e. The first-order chi connectivity index (χ1) is 12.0. The smallest absolute Gasteiger partial charge is 0.338 e. The van der Waals surface area contributed by atoms with E-state index in [0.29, 0.717) is 24.1 Å². The van der Waals surface area contributed by atoms with Crippen LogP contribution in [0.5, 0.6) is 0 Å². The molecular formula is C19H16BrNO4. The summed E-state index contributed by atoms with van der Waals surface area (Å²) in [7, 11) is 0. The van der Waals surface area contributed by atoms with Gasteiger partial charge in [-0.2, -0.15) is 0 Å². The molecule has 1 saturated heterocycles. The molecule has 0 N–H and O–H groups in total. The molecule has 0 bridgehead atoms. The van der Waals surface area contributed by atoms with Gasteiger partial charge in [0.1, 0.15) is 0 Å². The van der Waals surface area contributed by atoms with Crippen molar-refractivity contribution in [3.63, 3.8) is 0 Å². The Labute approximate surface area is 153 Å². The van der Waals surface area contributed by atoms with Crippen molar-refractivity contribution in [1.82, 2.24) is 0 Å².